The lowest BCUT2D eigenvalue weighted by Crippen LogP contribution is -2.30. The monoisotopic (exact) mass is 472 g/mol. The normalized spacial score (nSPS) is 10.7. The van der Waals surface area contributed by atoms with Crippen LogP contribution in [0.5, 0.6) is 5.75 Å². The van der Waals surface area contributed by atoms with Gasteiger partial charge in [0.15, 0.2) is 6.61 Å². The molecule has 1 amide bonds. The van der Waals surface area contributed by atoms with Crippen LogP contribution in [0.25, 0.3) is 22.2 Å². The predicted molar refractivity (Wildman–Crippen MR) is 132 cm³/mol. The molecule has 6 nitrogen and oxygen atoms in total. The van der Waals surface area contributed by atoms with Crippen LogP contribution in [0.4, 0.5) is 4.39 Å². The smallest absolute Gasteiger partial charge is 0.338 e. The molecule has 1 aromatic heterocycles. The SMILES string of the molecule is CCOC(=O)c1ccc2nc(-c3ccc(F)cc3)cc(OCC(=O)NCCc3ccccc3)c2c1. The van der Waals surface area contributed by atoms with Crippen molar-refractivity contribution in [2.45, 2.75) is 13.3 Å². The minimum Gasteiger partial charge on any atom is -0.483 e. The van der Waals surface area contributed by atoms with Crippen LogP contribution in [0, 0.1) is 5.82 Å². The molecule has 1 N–H and O–H groups in total. The van der Waals surface area contributed by atoms with Gasteiger partial charge in [-0.2, -0.15) is 0 Å². The number of nitrogens with zero attached hydrogens (tertiary/aromatic N) is 1. The van der Waals surface area contributed by atoms with Gasteiger partial charge >= 0.3 is 5.97 Å². The number of benzene rings is 3. The molecule has 4 aromatic rings. The van der Waals surface area contributed by atoms with Crippen molar-refractivity contribution in [1.82, 2.24) is 10.3 Å². The van der Waals surface area contributed by atoms with Gasteiger partial charge in [-0.3, -0.25) is 4.79 Å². The topological polar surface area (TPSA) is 77.5 Å². The van der Waals surface area contributed by atoms with E-state index in [-0.39, 0.29) is 24.9 Å². The van der Waals surface area contributed by atoms with Gasteiger partial charge in [-0.15, -0.1) is 0 Å². The fraction of sp³-hybridized carbons (Fsp3) is 0.179. The van der Waals surface area contributed by atoms with Crippen LogP contribution in [-0.2, 0) is 16.0 Å². The maximum atomic E-state index is 13.4. The summed E-state index contributed by atoms with van der Waals surface area (Å²) in [7, 11) is 0. The van der Waals surface area contributed by atoms with Gasteiger partial charge in [-0.05, 0) is 61.4 Å². The highest BCUT2D eigenvalue weighted by Gasteiger charge is 2.14. The Labute approximate surface area is 202 Å². The molecule has 0 unspecified atom stereocenters. The average molecular weight is 473 g/mol. The highest BCUT2D eigenvalue weighted by molar-refractivity contribution is 5.97. The first-order valence-corrected chi connectivity index (χ1v) is 11.3. The molecule has 35 heavy (non-hydrogen) atoms. The van der Waals surface area contributed by atoms with E-state index < -0.39 is 5.97 Å². The van der Waals surface area contributed by atoms with Crippen LogP contribution in [0.1, 0.15) is 22.8 Å². The molecule has 0 saturated heterocycles. The molecule has 0 atom stereocenters. The second kappa shape index (κ2) is 11.2. The number of carbonyl (C=O) groups excluding carboxylic acids is 2. The van der Waals surface area contributed by atoms with E-state index >= 15 is 0 Å². The number of ether oxygens (including phenoxy) is 2. The van der Waals surface area contributed by atoms with E-state index in [1.807, 2.05) is 30.3 Å². The summed E-state index contributed by atoms with van der Waals surface area (Å²) < 4.78 is 24.4. The van der Waals surface area contributed by atoms with Gasteiger partial charge in [-0.25, -0.2) is 14.2 Å². The maximum Gasteiger partial charge on any atom is 0.338 e. The summed E-state index contributed by atoms with van der Waals surface area (Å²) >= 11 is 0. The average Bonchev–Trinajstić information content (AvgIpc) is 2.88. The molecule has 4 rings (SSSR count). The van der Waals surface area contributed by atoms with Crippen LogP contribution >= 0.6 is 0 Å². The second-order valence-electron chi connectivity index (χ2n) is 7.84. The number of hydrogen-bond donors (Lipinski definition) is 1. The molecule has 0 spiro atoms. The number of fused-ring (bicyclic) bond motifs is 1. The predicted octanol–water partition coefficient (Wildman–Crippen LogP) is 4.96. The van der Waals surface area contributed by atoms with Crippen molar-refractivity contribution in [2.75, 3.05) is 19.8 Å². The summed E-state index contributed by atoms with van der Waals surface area (Å²) in [5.41, 5.74) is 3.30. The largest absolute Gasteiger partial charge is 0.483 e. The van der Waals surface area contributed by atoms with E-state index in [1.54, 1.807) is 43.3 Å². The van der Waals surface area contributed by atoms with Crippen molar-refractivity contribution in [1.29, 1.82) is 0 Å². The third-order valence-corrected chi connectivity index (χ3v) is 5.36. The number of hydrogen-bond acceptors (Lipinski definition) is 5. The third kappa shape index (κ3) is 6.20. The van der Waals surface area contributed by atoms with Gasteiger partial charge < -0.3 is 14.8 Å². The maximum absolute atomic E-state index is 13.4. The minimum atomic E-state index is -0.457. The van der Waals surface area contributed by atoms with E-state index in [0.29, 0.717) is 46.4 Å². The summed E-state index contributed by atoms with van der Waals surface area (Å²) in [6.07, 6.45) is 0.711. The summed E-state index contributed by atoms with van der Waals surface area (Å²) in [6.45, 7) is 2.27. The molecule has 7 heteroatoms. The van der Waals surface area contributed by atoms with Crippen molar-refractivity contribution in [3.8, 4) is 17.0 Å². The number of halogens is 1. The number of nitrogens with one attached hydrogen (secondary N) is 1. The van der Waals surface area contributed by atoms with Gasteiger partial charge in [0, 0.05) is 23.6 Å². The number of rotatable bonds is 9. The van der Waals surface area contributed by atoms with Gasteiger partial charge in [-0.1, -0.05) is 30.3 Å². The first kappa shape index (κ1) is 23.9. The second-order valence-corrected chi connectivity index (χ2v) is 7.84. The molecule has 1 heterocycles. The summed E-state index contributed by atoms with van der Waals surface area (Å²) in [6, 6.07) is 22.5. The first-order chi connectivity index (χ1) is 17.0. The molecule has 178 valence electrons. The standard InChI is InChI=1S/C28H25FN2O4/c1-2-34-28(33)21-10-13-24-23(16-21)26(17-25(31-24)20-8-11-22(29)12-9-20)35-18-27(32)30-15-14-19-6-4-3-5-7-19/h3-13,16-17H,2,14-15,18H2,1H3,(H,30,32). The number of carbonyl (C=O) groups is 2. The molecular formula is C28H25FN2O4. The molecule has 0 fully saturated rings. The lowest BCUT2D eigenvalue weighted by atomic mass is 10.1. The lowest BCUT2D eigenvalue weighted by molar-refractivity contribution is -0.123. The first-order valence-electron chi connectivity index (χ1n) is 11.3. The number of pyridine rings is 1. The highest BCUT2D eigenvalue weighted by atomic mass is 19.1. The number of amides is 1. The van der Waals surface area contributed by atoms with Crippen molar-refractivity contribution < 1.29 is 23.5 Å². The molecule has 3 aromatic carbocycles. The summed E-state index contributed by atoms with van der Waals surface area (Å²) in [5.74, 6) is -0.687. The zero-order valence-corrected chi connectivity index (χ0v) is 19.3. The Balaban J connectivity index is 1.56. The van der Waals surface area contributed by atoms with Crippen molar-refractivity contribution in [3.63, 3.8) is 0 Å². The minimum absolute atomic E-state index is 0.208. The number of esters is 1. The fourth-order valence-corrected chi connectivity index (χ4v) is 3.61. The fourth-order valence-electron chi connectivity index (χ4n) is 3.61. The molecule has 0 bridgehead atoms. The summed E-state index contributed by atoms with van der Waals surface area (Å²) in [4.78, 5) is 29.3. The molecule has 0 aliphatic carbocycles. The zero-order chi connectivity index (χ0) is 24.6. The molecule has 0 aliphatic rings. The van der Waals surface area contributed by atoms with Crippen LogP contribution in [0.2, 0.25) is 0 Å². The van der Waals surface area contributed by atoms with E-state index in [2.05, 4.69) is 10.3 Å². The van der Waals surface area contributed by atoms with Crippen molar-refractivity contribution >= 4 is 22.8 Å². The van der Waals surface area contributed by atoms with Gasteiger partial charge in [0.05, 0.1) is 23.4 Å². The Morgan fingerprint density at radius 2 is 1.74 bits per heavy atom. The van der Waals surface area contributed by atoms with Gasteiger partial charge in [0.1, 0.15) is 11.6 Å². The van der Waals surface area contributed by atoms with Crippen LogP contribution < -0.4 is 10.1 Å². The van der Waals surface area contributed by atoms with Crippen LogP contribution in [0.3, 0.4) is 0 Å². The quantitative estimate of drug-likeness (QED) is 0.349. The highest BCUT2D eigenvalue weighted by Crippen LogP contribution is 2.31. The molecule has 0 aliphatic heterocycles. The van der Waals surface area contributed by atoms with E-state index in [4.69, 9.17) is 9.47 Å². The Kier molecular flexibility index (Phi) is 7.67. The number of aromatic nitrogens is 1. The van der Waals surface area contributed by atoms with Crippen molar-refractivity contribution in [2.24, 2.45) is 0 Å². The Hall–Kier alpha value is -4.26. The van der Waals surface area contributed by atoms with Crippen molar-refractivity contribution in [3.05, 3.63) is 95.8 Å². The molecule has 0 saturated carbocycles. The van der Waals surface area contributed by atoms with E-state index in [9.17, 15) is 14.0 Å². The molecule has 0 radical (unpaired) electrons. The van der Waals surface area contributed by atoms with Crippen LogP contribution in [0.15, 0.2) is 78.9 Å². The van der Waals surface area contributed by atoms with E-state index in [1.165, 1.54) is 12.1 Å². The Morgan fingerprint density at radius 1 is 0.971 bits per heavy atom. The Bertz CT molecular complexity index is 1320. The van der Waals surface area contributed by atoms with Crippen LogP contribution in [-0.4, -0.2) is 36.6 Å². The van der Waals surface area contributed by atoms with Gasteiger partial charge in [0.25, 0.3) is 5.91 Å². The zero-order valence-electron chi connectivity index (χ0n) is 19.3. The molecular weight excluding hydrogens is 447 g/mol. The van der Waals surface area contributed by atoms with Gasteiger partial charge in [0.2, 0.25) is 0 Å². The summed E-state index contributed by atoms with van der Waals surface area (Å²) in [5, 5.41) is 3.42. The third-order valence-electron chi connectivity index (χ3n) is 5.36. The van der Waals surface area contributed by atoms with E-state index in [0.717, 1.165) is 5.56 Å². The Morgan fingerprint density at radius 3 is 2.49 bits per heavy atom. The lowest BCUT2D eigenvalue weighted by Gasteiger charge is -2.13.